The lowest BCUT2D eigenvalue weighted by Crippen LogP contribution is -2.27. The van der Waals surface area contributed by atoms with Crippen molar-refractivity contribution < 1.29 is 0 Å². The van der Waals surface area contributed by atoms with Crippen molar-refractivity contribution in [1.29, 1.82) is 0 Å². The first kappa shape index (κ1) is 12.9. The van der Waals surface area contributed by atoms with Crippen LogP contribution in [0.15, 0.2) is 37.2 Å². The lowest BCUT2D eigenvalue weighted by atomic mass is 10.0. The highest BCUT2D eigenvalue weighted by molar-refractivity contribution is 5.14. The predicted molar refractivity (Wildman–Crippen MR) is 67.6 cm³/mol. The standard InChI is InChI=1S/C13H21N3/c1-2-3-4-5-6-7-13(16-14)12-8-10-15-11-9-12/h2,8-11,13,16H,1,3-7,14H2. The number of pyridine rings is 1. The Bertz CT molecular complexity index is 284. The Labute approximate surface area is 97.7 Å². The summed E-state index contributed by atoms with van der Waals surface area (Å²) >= 11 is 0. The normalized spacial score (nSPS) is 12.3. The number of hydrazine groups is 1. The van der Waals surface area contributed by atoms with Crippen LogP contribution in [0, 0.1) is 0 Å². The van der Waals surface area contributed by atoms with Gasteiger partial charge in [-0.1, -0.05) is 18.9 Å². The van der Waals surface area contributed by atoms with Crippen molar-refractivity contribution in [3.63, 3.8) is 0 Å². The molecule has 0 aromatic carbocycles. The maximum atomic E-state index is 5.56. The van der Waals surface area contributed by atoms with Crippen molar-refractivity contribution in [2.45, 2.75) is 38.1 Å². The molecule has 88 valence electrons. The summed E-state index contributed by atoms with van der Waals surface area (Å²) in [6.07, 6.45) is 11.4. The van der Waals surface area contributed by atoms with Crippen LogP contribution >= 0.6 is 0 Å². The van der Waals surface area contributed by atoms with E-state index >= 15 is 0 Å². The molecule has 0 aliphatic heterocycles. The molecule has 16 heavy (non-hydrogen) atoms. The number of hydrogen-bond donors (Lipinski definition) is 2. The smallest absolute Gasteiger partial charge is 0.0461 e. The minimum absolute atomic E-state index is 0.242. The van der Waals surface area contributed by atoms with E-state index in [2.05, 4.69) is 17.0 Å². The second kappa shape index (κ2) is 8.02. The third kappa shape index (κ3) is 4.55. The summed E-state index contributed by atoms with van der Waals surface area (Å²) in [5, 5.41) is 0. The Balaban J connectivity index is 2.30. The highest BCUT2D eigenvalue weighted by atomic mass is 15.2. The fourth-order valence-electron chi connectivity index (χ4n) is 1.76. The van der Waals surface area contributed by atoms with Crippen molar-refractivity contribution in [2.75, 3.05) is 0 Å². The summed E-state index contributed by atoms with van der Waals surface area (Å²) < 4.78 is 0. The third-order valence-electron chi connectivity index (χ3n) is 2.71. The molecule has 0 radical (unpaired) electrons. The number of nitrogens with zero attached hydrogens (tertiary/aromatic N) is 1. The van der Waals surface area contributed by atoms with Crippen LogP contribution in [0.25, 0.3) is 0 Å². The first-order chi connectivity index (χ1) is 7.88. The van der Waals surface area contributed by atoms with Gasteiger partial charge in [0.15, 0.2) is 0 Å². The van der Waals surface area contributed by atoms with Crippen molar-refractivity contribution >= 4 is 0 Å². The number of unbranched alkanes of at least 4 members (excludes halogenated alkanes) is 3. The Morgan fingerprint density at radius 3 is 2.69 bits per heavy atom. The first-order valence-corrected chi connectivity index (χ1v) is 5.85. The lowest BCUT2D eigenvalue weighted by molar-refractivity contribution is 0.483. The largest absolute Gasteiger partial charge is 0.271 e. The molecule has 3 N–H and O–H groups in total. The zero-order valence-corrected chi connectivity index (χ0v) is 9.73. The monoisotopic (exact) mass is 219 g/mol. The Hall–Kier alpha value is -1.19. The van der Waals surface area contributed by atoms with E-state index in [4.69, 9.17) is 5.84 Å². The van der Waals surface area contributed by atoms with Gasteiger partial charge in [0.1, 0.15) is 0 Å². The highest BCUT2D eigenvalue weighted by Crippen LogP contribution is 2.18. The lowest BCUT2D eigenvalue weighted by Gasteiger charge is -2.15. The molecule has 0 aliphatic carbocycles. The van der Waals surface area contributed by atoms with Crippen LogP contribution in [0.3, 0.4) is 0 Å². The summed E-state index contributed by atoms with van der Waals surface area (Å²) in [4.78, 5) is 4.00. The number of nitrogens with one attached hydrogen (secondary N) is 1. The van der Waals surface area contributed by atoms with Crippen LogP contribution < -0.4 is 11.3 Å². The molecule has 0 saturated heterocycles. The van der Waals surface area contributed by atoms with Crippen molar-refractivity contribution in [2.24, 2.45) is 5.84 Å². The van der Waals surface area contributed by atoms with Gasteiger partial charge in [0.25, 0.3) is 0 Å². The number of aromatic nitrogens is 1. The SMILES string of the molecule is C=CCCCCCC(NN)c1ccncc1. The molecule has 1 atom stereocenters. The average molecular weight is 219 g/mol. The van der Waals surface area contributed by atoms with Crippen LogP contribution in [0.4, 0.5) is 0 Å². The number of nitrogens with two attached hydrogens (primary N) is 1. The van der Waals surface area contributed by atoms with Gasteiger partial charge in [-0.2, -0.15) is 0 Å². The van der Waals surface area contributed by atoms with Gasteiger partial charge < -0.3 is 0 Å². The van der Waals surface area contributed by atoms with Crippen LogP contribution in [0.5, 0.6) is 0 Å². The third-order valence-corrected chi connectivity index (χ3v) is 2.71. The predicted octanol–water partition coefficient (Wildman–Crippen LogP) is 2.72. The molecule has 3 nitrogen and oxygen atoms in total. The van der Waals surface area contributed by atoms with Gasteiger partial charge in [-0.15, -0.1) is 6.58 Å². The van der Waals surface area contributed by atoms with Gasteiger partial charge in [0, 0.05) is 18.4 Å². The number of hydrogen-bond acceptors (Lipinski definition) is 3. The van der Waals surface area contributed by atoms with Gasteiger partial charge >= 0.3 is 0 Å². The zero-order valence-electron chi connectivity index (χ0n) is 9.73. The van der Waals surface area contributed by atoms with Crippen LogP contribution in [0.1, 0.15) is 43.7 Å². The molecule has 1 heterocycles. The van der Waals surface area contributed by atoms with E-state index < -0.39 is 0 Å². The summed E-state index contributed by atoms with van der Waals surface area (Å²) in [5.74, 6) is 5.56. The fourth-order valence-corrected chi connectivity index (χ4v) is 1.76. The molecule has 1 unspecified atom stereocenters. The Morgan fingerprint density at radius 1 is 1.31 bits per heavy atom. The second-order valence-electron chi connectivity index (χ2n) is 3.93. The van der Waals surface area contributed by atoms with E-state index in [9.17, 15) is 0 Å². The number of rotatable bonds is 8. The van der Waals surface area contributed by atoms with E-state index in [1.54, 1.807) is 12.4 Å². The Morgan fingerprint density at radius 2 is 2.06 bits per heavy atom. The quantitative estimate of drug-likeness (QED) is 0.306. The molecule has 0 saturated carbocycles. The van der Waals surface area contributed by atoms with E-state index in [1.807, 2.05) is 18.2 Å². The maximum Gasteiger partial charge on any atom is 0.0461 e. The minimum atomic E-state index is 0.242. The van der Waals surface area contributed by atoms with Crippen molar-refractivity contribution in [1.82, 2.24) is 10.4 Å². The van der Waals surface area contributed by atoms with E-state index in [0.29, 0.717) is 0 Å². The molecule has 0 fully saturated rings. The second-order valence-corrected chi connectivity index (χ2v) is 3.93. The average Bonchev–Trinajstić information content (AvgIpc) is 2.35. The first-order valence-electron chi connectivity index (χ1n) is 5.85. The summed E-state index contributed by atoms with van der Waals surface area (Å²) in [5.41, 5.74) is 4.07. The van der Waals surface area contributed by atoms with Gasteiger partial charge in [0.05, 0.1) is 0 Å². The van der Waals surface area contributed by atoms with E-state index in [-0.39, 0.29) is 6.04 Å². The van der Waals surface area contributed by atoms with Crippen LogP contribution in [-0.4, -0.2) is 4.98 Å². The summed E-state index contributed by atoms with van der Waals surface area (Å²) in [6, 6.07) is 4.26. The molecule has 0 bridgehead atoms. The molecular weight excluding hydrogens is 198 g/mol. The minimum Gasteiger partial charge on any atom is -0.271 e. The van der Waals surface area contributed by atoms with Crippen LogP contribution in [-0.2, 0) is 0 Å². The summed E-state index contributed by atoms with van der Waals surface area (Å²) in [6.45, 7) is 3.72. The molecule has 1 aromatic heterocycles. The molecule has 0 aliphatic rings. The maximum absolute atomic E-state index is 5.56. The van der Waals surface area contributed by atoms with E-state index in [0.717, 1.165) is 12.8 Å². The molecule has 3 heteroatoms. The summed E-state index contributed by atoms with van der Waals surface area (Å²) in [7, 11) is 0. The molecule has 1 rings (SSSR count). The zero-order chi connectivity index (χ0) is 11.6. The number of allylic oxidation sites excluding steroid dienone is 1. The van der Waals surface area contributed by atoms with Gasteiger partial charge in [-0.05, 0) is 37.0 Å². The van der Waals surface area contributed by atoms with Gasteiger partial charge in [-0.3, -0.25) is 16.3 Å². The topological polar surface area (TPSA) is 50.9 Å². The Kier molecular flexibility index (Phi) is 6.45. The molecule has 0 spiro atoms. The van der Waals surface area contributed by atoms with Crippen LogP contribution in [0.2, 0.25) is 0 Å². The highest BCUT2D eigenvalue weighted by Gasteiger charge is 2.07. The fraction of sp³-hybridized carbons (Fsp3) is 0.462. The van der Waals surface area contributed by atoms with Crippen molar-refractivity contribution in [3.8, 4) is 0 Å². The molecular formula is C13H21N3. The molecule has 0 amide bonds. The van der Waals surface area contributed by atoms with Gasteiger partial charge in [0.2, 0.25) is 0 Å². The molecule has 1 aromatic rings. The van der Waals surface area contributed by atoms with Gasteiger partial charge in [-0.25, -0.2) is 0 Å². The van der Waals surface area contributed by atoms with Crippen molar-refractivity contribution in [3.05, 3.63) is 42.7 Å². The van der Waals surface area contributed by atoms with E-state index in [1.165, 1.54) is 24.8 Å².